The van der Waals surface area contributed by atoms with Crippen molar-refractivity contribution in [2.45, 2.75) is 26.9 Å². The zero-order valence-electron chi connectivity index (χ0n) is 22.1. The van der Waals surface area contributed by atoms with Gasteiger partial charge in [0, 0.05) is 41.2 Å². The lowest BCUT2D eigenvalue weighted by molar-refractivity contribution is 0.0706. The van der Waals surface area contributed by atoms with Gasteiger partial charge < -0.3 is 29.6 Å². The third-order valence-corrected chi connectivity index (χ3v) is 6.31. The van der Waals surface area contributed by atoms with Gasteiger partial charge in [-0.25, -0.2) is 18.8 Å². The van der Waals surface area contributed by atoms with E-state index in [0.29, 0.717) is 40.0 Å². The van der Waals surface area contributed by atoms with E-state index in [4.69, 9.17) is 14.2 Å². The van der Waals surface area contributed by atoms with Crippen molar-refractivity contribution >= 4 is 22.7 Å². The van der Waals surface area contributed by atoms with Gasteiger partial charge in [-0.3, -0.25) is 0 Å². The van der Waals surface area contributed by atoms with E-state index in [1.165, 1.54) is 12.3 Å². The number of aliphatic imine (C=N–C) groups is 1. The minimum atomic E-state index is -0.942. The fraction of sp³-hybridized carbons (Fsp3) is 0.276. The Morgan fingerprint density at radius 1 is 1.20 bits per heavy atom. The Labute approximate surface area is 229 Å². The van der Waals surface area contributed by atoms with Crippen molar-refractivity contribution in [2.75, 3.05) is 25.1 Å². The number of fused-ring (bicyclic) bond motifs is 1. The first-order chi connectivity index (χ1) is 19.2. The molecule has 11 heteroatoms. The number of halogens is 2. The molecule has 0 spiro atoms. The number of pyridine rings is 1. The molecular formula is C29H27F2N5O4. The number of aliphatic hydroxyl groups excluding tert-OH is 1. The van der Waals surface area contributed by atoms with Crippen LogP contribution in [0, 0.1) is 28.4 Å². The van der Waals surface area contributed by atoms with Gasteiger partial charge in [0.25, 0.3) is 6.02 Å². The van der Waals surface area contributed by atoms with E-state index in [0.717, 1.165) is 12.1 Å². The van der Waals surface area contributed by atoms with Crippen LogP contribution in [0.15, 0.2) is 53.8 Å². The number of H-pyrrole nitrogens is 1. The molecule has 3 heterocycles. The average Bonchev–Trinajstić information content (AvgIpc) is 3.37. The van der Waals surface area contributed by atoms with E-state index in [9.17, 15) is 10.4 Å². The van der Waals surface area contributed by atoms with E-state index < -0.39 is 22.8 Å². The number of hydrogen-bond acceptors (Lipinski definition) is 8. The van der Waals surface area contributed by atoms with Crippen LogP contribution in [-0.4, -0.2) is 47.0 Å². The van der Waals surface area contributed by atoms with Gasteiger partial charge in [0.2, 0.25) is 0 Å². The zero-order valence-corrected chi connectivity index (χ0v) is 22.1. The Kier molecular flexibility index (Phi) is 7.28. The second-order valence-electron chi connectivity index (χ2n) is 10.1. The van der Waals surface area contributed by atoms with Crippen LogP contribution in [-0.2, 0) is 4.74 Å². The first-order valence-corrected chi connectivity index (χ1v) is 12.6. The van der Waals surface area contributed by atoms with Gasteiger partial charge >= 0.3 is 0 Å². The van der Waals surface area contributed by atoms with E-state index in [2.05, 4.69) is 26.3 Å². The molecule has 1 atom stereocenters. The number of ether oxygens (including phenoxy) is 3. The van der Waals surface area contributed by atoms with Crippen LogP contribution in [0.1, 0.15) is 26.3 Å². The topological polar surface area (TPSA) is 125 Å². The van der Waals surface area contributed by atoms with Crippen LogP contribution in [0.2, 0.25) is 0 Å². The molecule has 2 aromatic carbocycles. The Hall–Kier alpha value is -4.69. The number of amidine groups is 1. The summed E-state index contributed by atoms with van der Waals surface area (Å²) >= 11 is 0. The van der Waals surface area contributed by atoms with Gasteiger partial charge in [0.05, 0.1) is 30.2 Å². The molecule has 0 saturated heterocycles. The van der Waals surface area contributed by atoms with Crippen molar-refractivity contribution in [3.05, 3.63) is 66.0 Å². The van der Waals surface area contributed by atoms with E-state index in [-0.39, 0.29) is 36.8 Å². The lowest BCUT2D eigenvalue weighted by Crippen LogP contribution is -2.38. The highest BCUT2D eigenvalue weighted by molar-refractivity contribution is 5.98. The SMILES string of the molecule is CC(C)Oc1ccc(-c2c[nH]c3nccc(Oc4c(F)cc(NC5=NC[C@](C)(CO)CO5)cc4F)c23)cc1C#N. The molecule has 0 bridgehead atoms. The zero-order chi connectivity index (χ0) is 28.4. The summed E-state index contributed by atoms with van der Waals surface area (Å²) in [5, 5.41) is 22.3. The van der Waals surface area contributed by atoms with Crippen molar-refractivity contribution in [1.29, 1.82) is 5.26 Å². The molecule has 40 heavy (non-hydrogen) atoms. The molecule has 1 aliphatic heterocycles. The molecule has 3 N–H and O–H groups in total. The first kappa shape index (κ1) is 26.9. The Morgan fingerprint density at radius 2 is 1.98 bits per heavy atom. The first-order valence-electron chi connectivity index (χ1n) is 12.6. The summed E-state index contributed by atoms with van der Waals surface area (Å²) in [6.07, 6.45) is 3.05. The Balaban J connectivity index is 1.45. The Bertz CT molecular complexity index is 1620. The van der Waals surface area contributed by atoms with Crippen molar-refractivity contribution in [3.8, 4) is 34.4 Å². The lowest BCUT2D eigenvalue weighted by Gasteiger charge is -2.30. The van der Waals surface area contributed by atoms with E-state index in [1.54, 1.807) is 24.4 Å². The normalized spacial score (nSPS) is 16.8. The quantitative estimate of drug-likeness (QED) is 0.269. The van der Waals surface area contributed by atoms with Gasteiger partial charge in [0.15, 0.2) is 17.4 Å². The third-order valence-electron chi connectivity index (χ3n) is 6.31. The monoisotopic (exact) mass is 547 g/mol. The minimum absolute atomic E-state index is 0.0867. The number of nitrogens with zero attached hydrogens (tertiary/aromatic N) is 3. The summed E-state index contributed by atoms with van der Waals surface area (Å²) in [6.45, 7) is 5.98. The van der Waals surface area contributed by atoms with Crippen LogP contribution < -0.4 is 14.8 Å². The van der Waals surface area contributed by atoms with Crippen molar-refractivity contribution in [3.63, 3.8) is 0 Å². The van der Waals surface area contributed by atoms with Gasteiger partial charge in [-0.05, 0) is 37.6 Å². The average molecular weight is 548 g/mol. The van der Waals surface area contributed by atoms with Crippen LogP contribution in [0.3, 0.4) is 0 Å². The molecule has 2 aromatic heterocycles. The molecule has 0 radical (unpaired) electrons. The molecule has 0 saturated carbocycles. The maximum Gasteiger partial charge on any atom is 0.289 e. The summed E-state index contributed by atoms with van der Waals surface area (Å²) in [5.41, 5.74) is 1.67. The standard InChI is InChI=1S/C29H27F2N5O4/c1-16(2)39-23-5-4-17(8-18(23)11-32)20-12-34-27-25(20)24(6-7-33-27)40-26-21(30)9-19(10-22(26)31)36-28-35-13-29(3,14-37)15-38-28/h4-10,12,16,37H,13-15H2,1-3H3,(H,33,34)(H,35,36)/t29-/m1/s1. The highest BCUT2D eigenvalue weighted by Crippen LogP contribution is 2.39. The van der Waals surface area contributed by atoms with E-state index >= 15 is 8.78 Å². The fourth-order valence-corrected chi connectivity index (χ4v) is 4.21. The van der Waals surface area contributed by atoms with Crippen LogP contribution in [0.5, 0.6) is 17.2 Å². The van der Waals surface area contributed by atoms with Crippen molar-refractivity contribution in [2.24, 2.45) is 10.4 Å². The van der Waals surface area contributed by atoms with Gasteiger partial charge in [0.1, 0.15) is 29.8 Å². The molecular weight excluding hydrogens is 520 g/mol. The van der Waals surface area contributed by atoms with Gasteiger partial charge in [-0.2, -0.15) is 5.26 Å². The number of nitrogens with one attached hydrogen (secondary N) is 2. The van der Waals surface area contributed by atoms with Crippen LogP contribution in [0.4, 0.5) is 14.5 Å². The molecule has 9 nitrogen and oxygen atoms in total. The molecule has 0 fully saturated rings. The van der Waals surface area contributed by atoms with Gasteiger partial charge in [-0.1, -0.05) is 13.0 Å². The summed E-state index contributed by atoms with van der Waals surface area (Å²) in [6, 6.07) is 11.1. The van der Waals surface area contributed by atoms with Crippen LogP contribution in [0.25, 0.3) is 22.2 Å². The fourth-order valence-electron chi connectivity index (χ4n) is 4.21. The Morgan fingerprint density at radius 3 is 2.62 bits per heavy atom. The number of benzene rings is 2. The minimum Gasteiger partial charge on any atom is -0.490 e. The highest BCUT2D eigenvalue weighted by Gasteiger charge is 2.29. The number of anilines is 1. The second-order valence-corrected chi connectivity index (χ2v) is 10.1. The number of hydrogen-bond donors (Lipinski definition) is 3. The second kappa shape index (κ2) is 10.8. The molecule has 0 amide bonds. The molecule has 0 aliphatic carbocycles. The number of aromatic amines is 1. The predicted octanol–water partition coefficient (Wildman–Crippen LogP) is 5.76. The van der Waals surface area contributed by atoms with Crippen LogP contribution >= 0.6 is 0 Å². The summed E-state index contributed by atoms with van der Waals surface area (Å²) in [4.78, 5) is 11.6. The third kappa shape index (κ3) is 5.39. The number of aliphatic hydroxyl groups is 1. The van der Waals surface area contributed by atoms with E-state index in [1.807, 2.05) is 20.8 Å². The van der Waals surface area contributed by atoms with Crippen molar-refractivity contribution < 1.29 is 28.1 Å². The number of aromatic nitrogens is 2. The highest BCUT2D eigenvalue weighted by atomic mass is 19.1. The molecule has 4 aromatic rings. The molecule has 1 aliphatic rings. The molecule has 0 unspecified atom stereocenters. The largest absolute Gasteiger partial charge is 0.490 e. The summed E-state index contributed by atoms with van der Waals surface area (Å²) in [5.74, 6) is -1.85. The molecule has 5 rings (SSSR count). The summed E-state index contributed by atoms with van der Waals surface area (Å²) in [7, 11) is 0. The van der Waals surface area contributed by atoms with Gasteiger partial charge in [-0.15, -0.1) is 0 Å². The smallest absolute Gasteiger partial charge is 0.289 e. The number of rotatable bonds is 7. The molecule has 206 valence electrons. The maximum atomic E-state index is 15.1. The van der Waals surface area contributed by atoms with Crippen molar-refractivity contribution in [1.82, 2.24) is 9.97 Å². The maximum absolute atomic E-state index is 15.1. The predicted molar refractivity (Wildman–Crippen MR) is 146 cm³/mol. The number of nitriles is 1. The summed E-state index contributed by atoms with van der Waals surface area (Å²) < 4.78 is 47.3. The lowest BCUT2D eigenvalue weighted by atomic mass is 9.93.